The van der Waals surface area contributed by atoms with Gasteiger partial charge in [-0.25, -0.2) is 9.97 Å². The van der Waals surface area contributed by atoms with Crippen LogP contribution in [0, 0.1) is 18.3 Å². The lowest BCUT2D eigenvalue weighted by Gasteiger charge is -2.04. The van der Waals surface area contributed by atoms with E-state index in [1.807, 2.05) is 13.1 Å². The first-order valence-electron chi connectivity index (χ1n) is 5.99. The SMILES string of the molecule is Cc1cnc2c(c1)nc(C1CC1)n2CCC#N. The highest BCUT2D eigenvalue weighted by Crippen LogP contribution is 2.40. The highest BCUT2D eigenvalue weighted by atomic mass is 15.1. The second-order valence-corrected chi connectivity index (χ2v) is 4.66. The molecule has 0 radical (unpaired) electrons. The van der Waals surface area contributed by atoms with Crippen LogP contribution in [-0.4, -0.2) is 14.5 Å². The smallest absolute Gasteiger partial charge is 0.160 e. The molecule has 86 valence electrons. The minimum absolute atomic E-state index is 0.515. The van der Waals surface area contributed by atoms with Gasteiger partial charge in [0.05, 0.1) is 12.5 Å². The first kappa shape index (κ1) is 10.3. The van der Waals surface area contributed by atoms with Gasteiger partial charge in [-0.1, -0.05) is 0 Å². The monoisotopic (exact) mass is 226 g/mol. The van der Waals surface area contributed by atoms with Crippen molar-refractivity contribution in [2.75, 3.05) is 0 Å². The van der Waals surface area contributed by atoms with E-state index < -0.39 is 0 Å². The van der Waals surface area contributed by atoms with Crippen LogP contribution in [-0.2, 0) is 6.54 Å². The van der Waals surface area contributed by atoms with Gasteiger partial charge in [0.2, 0.25) is 0 Å². The molecule has 4 heteroatoms. The summed E-state index contributed by atoms with van der Waals surface area (Å²) in [6, 6.07) is 4.26. The quantitative estimate of drug-likeness (QED) is 0.808. The summed E-state index contributed by atoms with van der Waals surface area (Å²) in [5, 5.41) is 8.72. The average molecular weight is 226 g/mol. The second-order valence-electron chi connectivity index (χ2n) is 4.66. The molecular formula is C13H14N4. The van der Waals surface area contributed by atoms with Crippen molar-refractivity contribution >= 4 is 11.2 Å². The number of hydrogen-bond donors (Lipinski definition) is 0. The summed E-state index contributed by atoms with van der Waals surface area (Å²) in [4.78, 5) is 9.13. The van der Waals surface area contributed by atoms with Gasteiger partial charge in [0, 0.05) is 18.7 Å². The van der Waals surface area contributed by atoms with Crippen LogP contribution in [0.5, 0.6) is 0 Å². The molecule has 1 aliphatic rings. The predicted octanol–water partition coefficient (Wildman–Crippen LogP) is 2.53. The molecule has 2 aromatic heterocycles. The van der Waals surface area contributed by atoms with E-state index in [1.54, 1.807) is 0 Å². The second kappa shape index (κ2) is 3.85. The third-order valence-corrected chi connectivity index (χ3v) is 3.14. The zero-order valence-corrected chi connectivity index (χ0v) is 9.85. The maximum Gasteiger partial charge on any atom is 0.160 e. The Balaban J connectivity index is 2.13. The minimum Gasteiger partial charge on any atom is -0.311 e. The molecular weight excluding hydrogens is 212 g/mol. The maximum absolute atomic E-state index is 8.72. The van der Waals surface area contributed by atoms with Crippen LogP contribution in [0.1, 0.15) is 36.6 Å². The number of imidazole rings is 1. The van der Waals surface area contributed by atoms with Crippen molar-refractivity contribution in [2.24, 2.45) is 0 Å². The standard InChI is InChI=1S/C13H14N4/c1-9-7-11-13(15-8-9)17(6-2-5-14)12(16-11)10-3-4-10/h7-8,10H,2-4,6H2,1H3. The van der Waals surface area contributed by atoms with Gasteiger partial charge in [-0.05, 0) is 31.4 Å². The molecule has 3 rings (SSSR count). The molecule has 0 N–H and O–H groups in total. The number of nitriles is 1. The molecule has 0 bridgehead atoms. The van der Waals surface area contributed by atoms with Crippen molar-refractivity contribution < 1.29 is 0 Å². The molecule has 0 spiro atoms. The molecule has 0 amide bonds. The Morgan fingerprint density at radius 2 is 2.35 bits per heavy atom. The number of rotatable bonds is 3. The van der Waals surface area contributed by atoms with Crippen LogP contribution in [0.15, 0.2) is 12.3 Å². The highest BCUT2D eigenvalue weighted by molar-refractivity contribution is 5.72. The van der Waals surface area contributed by atoms with Crippen molar-refractivity contribution in [1.82, 2.24) is 14.5 Å². The first-order chi connectivity index (χ1) is 8.29. The van der Waals surface area contributed by atoms with E-state index in [9.17, 15) is 0 Å². The highest BCUT2D eigenvalue weighted by Gasteiger charge is 2.29. The predicted molar refractivity (Wildman–Crippen MR) is 64.5 cm³/mol. The Hall–Kier alpha value is -1.89. The molecule has 1 aliphatic carbocycles. The fourth-order valence-electron chi connectivity index (χ4n) is 2.16. The minimum atomic E-state index is 0.515. The Labute approximate surface area is 99.9 Å². The maximum atomic E-state index is 8.72. The lowest BCUT2D eigenvalue weighted by molar-refractivity contribution is 0.679. The molecule has 0 atom stereocenters. The summed E-state index contributed by atoms with van der Waals surface area (Å²) in [6.45, 7) is 2.73. The Bertz CT molecular complexity index is 602. The lowest BCUT2D eigenvalue weighted by atomic mass is 10.3. The molecule has 2 aromatic rings. The van der Waals surface area contributed by atoms with Crippen LogP contribution in [0.25, 0.3) is 11.2 Å². The fourth-order valence-corrected chi connectivity index (χ4v) is 2.16. The summed E-state index contributed by atoms with van der Waals surface area (Å²) in [5.41, 5.74) is 3.02. The van der Waals surface area contributed by atoms with E-state index >= 15 is 0 Å². The van der Waals surface area contributed by atoms with Crippen LogP contribution in [0.2, 0.25) is 0 Å². The van der Waals surface area contributed by atoms with E-state index in [-0.39, 0.29) is 0 Å². The van der Waals surface area contributed by atoms with Crippen LogP contribution >= 0.6 is 0 Å². The van der Waals surface area contributed by atoms with E-state index in [0.717, 1.165) is 22.6 Å². The molecule has 0 aromatic carbocycles. The normalized spacial score (nSPS) is 15.1. The van der Waals surface area contributed by atoms with Gasteiger partial charge >= 0.3 is 0 Å². The van der Waals surface area contributed by atoms with Crippen LogP contribution in [0.3, 0.4) is 0 Å². The third-order valence-electron chi connectivity index (χ3n) is 3.14. The number of nitrogens with zero attached hydrogens (tertiary/aromatic N) is 4. The average Bonchev–Trinajstić information content (AvgIpc) is 3.09. The van der Waals surface area contributed by atoms with Gasteiger partial charge in [-0.15, -0.1) is 0 Å². The van der Waals surface area contributed by atoms with Crippen molar-refractivity contribution in [2.45, 2.75) is 38.6 Å². The van der Waals surface area contributed by atoms with Crippen LogP contribution < -0.4 is 0 Å². The van der Waals surface area contributed by atoms with Gasteiger partial charge in [0.15, 0.2) is 5.65 Å². The molecule has 1 fully saturated rings. The zero-order valence-electron chi connectivity index (χ0n) is 9.85. The number of aromatic nitrogens is 3. The van der Waals surface area contributed by atoms with Crippen molar-refractivity contribution in [1.29, 1.82) is 5.26 Å². The van der Waals surface area contributed by atoms with Crippen molar-refractivity contribution in [3.63, 3.8) is 0 Å². The topological polar surface area (TPSA) is 54.5 Å². The molecule has 0 saturated heterocycles. The van der Waals surface area contributed by atoms with Gasteiger partial charge in [-0.3, -0.25) is 0 Å². The van der Waals surface area contributed by atoms with E-state index in [2.05, 4.69) is 26.7 Å². The third kappa shape index (κ3) is 1.78. The Morgan fingerprint density at radius 3 is 3.06 bits per heavy atom. The summed E-state index contributed by atoms with van der Waals surface area (Å²) in [7, 11) is 0. The fraction of sp³-hybridized carbons (Fsp3) is 0.462. The number of aryl methyl sites for hydroxylation is 2. The molecule has 0 aliphatic heterocycles. The first-order valence-corrected chi connectivity index (χ1v) is 5.99. The Kier molecular flexibility index (Phi) is 2.32. The van der Waals surface area contributed by atoms with Gasteiger partial charge < -0.3 is 4.57 Å². The van der Waals surface area contributed by atoms with Crippen LogP contribution in [0.4, 0.5) is 0 Å². The Morgan fingerprint density at radius 1 is 1.53 bits per heavy atom. The van der Waals surface area contributed by atoms with Crippen molar-refractivity contribution in [3.05, 3.63) is 23.7 Å². The van der Waals surface area contributed by atoms with Gasteiger partial charge in [0.25, 0.3) is 0 Å². The molecule has 17 heavy (non-hydrogen) atoms. The summed E-state index contributed by atoms with van der Waals surface area (Å²) >= 11 is 0. The number of pyridine rings is 1. The number of hydrogen-bond acceptors (Lipinski definition) is 3. The number of fused-ring (bicyclic) bond motifs is 1. The lowest BCUT2D eigenvalue weighted by Crippen LogP contribution is -2.03. The van der Waals surface area contributed by atoms with Crippen molar-refractivity contribution in [3.8, 4) is 6.07 Å². The van der Waals surface area contributed by atoms with Gasteiger partial charge in [0.1, 0.15) is 11.3 Å². The summed E-state index contributed by atoms with van der Waals surface area (Å²) < 4.78 is 2.12. The van der Waals surface area contributed by atoms with Gasteiger partial charge in [-0.2, -0.15) is 5.26 Å². The van der Waals surface area contributed by atoms with E-state index in [1.165, 1.54) is 12.8 Å². The van der Waals surface area contributed by atoms with E-state index in [0.29, 0.717) is 18.9 Å². The molecule has 4 nitrogen and oxygen atoms in total. The molecule has 1 saturated carbocycles. The molecule has 2 heterocycles. The molecule has 0 unspecified atom stereocenters. The largest absolute Gasteiger partial charge is 0.311 e. The zero-order chi connectivity index (χ0) is 11.8. The van der Waals surface area contributed by atoms with E-state index in [4.69, 9.17) is 5.26 Å². The summed E-state index contributed by atoms with van der Waals surface area (Å²) in [5.74, 6) is 1.71. The summed E-state index contributed by atoms with van der Waals surface area (Å²) in [6.07, 6.45) is 4.81.